The third-order valence-corrected chi connectivity index (χ3v) is 6.25. The summed E-state index contributed by atoms with van der Waals surface area (Å²) in [5.41, 5.74) is 1.19. The molecule has 0 N–H and O–H groups in total. The average molecular weight is 423 g/mol. The number of rotatable bonds is 7. The molecule has 4 heterocycles. The summed E-state index contributed by atoms with van der Waals surface area (Å²) in [5, 5.41) is 9.31. The van der Waals surface area contributed by atoms with E-state index in [2.05, 4.69) is 43.9 Å². The summed E-state index contributed by atoms with van der Waals surface area (Å²) < 4.78 is 20.2. The summed E-state index contributed by atoms with van der Waals surface area (Å²) in [7, 11) is 2.04. The second-order valence-electron chi connectivity index (χ2n) is 8.57. The van der Waals surface area contributed by atoms with Crippen molar-refractivity contribution in [3.63, 3.8) is 0 Å². The highest BCUT2D eigenvalue weighted by atomic mass is 16.5. The van der Waals surface area contributed by atoms with Crippen LogP contribution in [0.15, 0.2) is 46.9 Å². The van der Waals surface area contributed by atoms with Gasteiger partial charge in [0.05, 0.1) is 31.2 Å². The Bertz CT molecular complexity index is 993. The van der Waals surface area contributed by atoms with Crippen molar-refractivity contribution in [3.05, 3.63) is 65.4 Å². The minimum Gasteiger partial charge on any atom is -0.464 e. The van der Waals surface area contributed by atoms with E-state index in [0.717, 1.165) is 62.3 Å². The number of aryl methyl sites for hydroxylation is 1. The molecule has 31 heavy (non-hydrogen) atoms. The molecule has 0 spiro atoms. The standard InChI is InChI=1S/C24H30N4O3/c1-17-10-11-20(31-17)15-27(2)24-26-25-23(28(24)16-19-9-6-13-29-19)21-12-14-30-22(21)18-7-4-3-5-8-18/h3-5,7-8,10-11,19,21-22H,6,9,12-16H2,1-2H3/t19-,21+,22-/m1/s1. The van der Waals surface area contributed by atoms with Gasteiger partial charge in [0.1, 0.15) is 17.3 Å². The molecule has 0 saturated carbocycles. The number of nitrogens with zero attached hydrogens (tertiary/aromatic N) is 4. The number of anilines is 1. The second-order valence-corrected chi connectivity index (χ2v) is 8.57. The van der Waals surface area contributed by atoms with Crippen molar-refractivity contribution in [1.29, 1.82) is 0 Å². The van der Waals surface area contributed by atoms with Crippen LogP contribution in [0.5, 0.6) is 0 Å². The van der Waals surface area contributed by atoms with E-state index in [1.165, 1.54) is 5.56 Å². The van der Waals surface area contributed by atoms with E-state index in [0.29, 0.717) is 6.54 Å². The van der Waals surface area contributed by atoms with Gasteiger partial charge in [-0.2, -0.15) is 0 Å². The van der Waals surface area contributed by atoms with Crippen LogP contribution in [-0.2, 0) is 22.6 Å². The van der Waals surface area contributed by atoms with Gasteiger partial charge in [0, 0.05) is 20.3 Å². The number of hydrogen-bond donors (Lipinski definition) is 0. The first-order valence-corrected chi connectivity index (χ1v) is 11.2. The van der Waals surface area contributed by atoms with Crippen molar-refractivity contribution in [3.8, 4) is 0 Å². The Kier molecular flexibility index (Phi) is 5.78. The van der Waals surface area contributed by atoms with Gasteiger partial charge in [-0.05, 0) is 43.9 Å². The molecule has 3 aromatic rings. The highest BCUT2D eigenvalue weighted by molar-refractivity contribution is 5.33. The van der Waals surface area contributed by atoms with Crippen molar-refractivity contribution in [1.82, 2.24) is 14.8 Å². The van der Waals surface area contributed by atoms with E-state index >= 15 is 0 Å². The first-order chi connectivity index (χ1) is 15.2. The van der Waals surface area contributed by atoms with E-state index in [9.17, 15) is 0 Å². The quantitative estimate of drug-likeness (QED) is 0.567. The number of aromatic nitrogens is 3. The molecule has 0 radical (unpaired) electrons. The SMILES string of the molecule is Cc1ccc(CN(C)c2nnc([C@H]3CCO[C@@H]3c3ccccc3)n2C[C@H]2CCCO2)o1. The predicted octanol–water partition coefficient (Wildman–Crippen LogP) is 4.24. The number of ether oxygens (including phenoxy) is 2. The summed E-state index contributed by atoms with van der Waals surface area (Å²) in [6.45, 7) is 4.93. The highest BCUT2D eigenvalue weighted by Crippen LogP contribution is 2.42. The smallest absolute Gasteiger partial charge is 0.227 e. The van der Waals surface area contributed by atoms with Crippen molar-refractivity contribution < 1.29 is 13.9 Å². The van der Waals surface area contributed by atoms with Gasteiger partial charge < -0.3 is 18.8 Å². The van der Waals surface area contributed by atoms with Gasteiger partial charge in [-0.3, -0.25) is 4.57 Å². The molecule has 0 unspecified atom stereocenters. The molecule has 0 aliphatic carbocycles. The van der Waals surface area contributed by atoms with Gasteiger partial charge >= 0.3 is 0 Å². The Labute approximate surface area is 183 Å². The minimum atomic E-state index is -0.000439. The third kappa shape index (κ3) is 4.25. The maximum Gasteiger partial charge on any atom is 0.227 e. The molecule has 1 aromatic carbocycles. The monoisotopic (exact) mass is 422 g/mol. The van der Waals surface area contributed by atoms with Crippen LogP contribution in [0, 0.1) is 6.92 Å². The van der Waals surface area contributed by atoms with Crippen LogP contribution < -0.4 is 4.90 Å². The van der Waals surface area contributed by atoms with E-state index in [4.69, 9.17) is 13.9 Å². The molecule has 0 amide bonds. The Morgan fingerprint density at radius 2 is 1.90 bits per heavy atom. The van der Waals surface area contributed by atoms with Crippen LogP contribution >= 0.6 is 0 Å². The zero-order chi connectivity index (χ0) is 21.2. The Morgan fingerprint density at radius 3 is 2.65 bits per heavy atom. The minimum absolute atomic E-state index is 0.000439. The fourth-order valence-corrected chi connectivity index (χ4v) is 4.73. The zero-order valence-electron chi connectivity index (χ0n) is 18.2. The molecule has 164 valence electrons. The van der Waals surface area contributed by atoms with Crippen molar-refractivity contribution in [2.75, 3.05) is 25.2 Å². The summed E-state index contributed by atoms with van der Waals surface area (Å²) in [6.07, 6.45) is 3.31. The normalized spacial score (nSPS) is 23.5. The van der Waals surface area contributed by atoms with E-state index in [-0.39, 0.29) is 18.1 Å². The summed E-state index contributed by atoms with van der Waals surface area (Å²) in [5.74, 6) is 3.83. The van der Waals surface area contributed by atoms with Crippen LogP contribution in [0.4, 0.5) is 5.95 Å². The summed E-state index contributed by atoms with van der Waals surface area (Å²) in [6, 6.07) is 14.4. The van der Waals surface area contributed by atoms with Gasteiger partial charge in [-0.15, -0.1) is 10.2 Å². The van der Waals surface area contributed by atoms with E-state index in [1.807, 2.05) is 32.2 Å². The van der Waals surface area contributed by atoms with Crippen LogP contribution in [0.1, 0.15) is 54.2 Å². The van der Waals surface area contributed by atoms with Gasteiger partial charge in [0.15, 0.2) is 0 Å². The molecule has 2 aliphatic rings. The maximum atomic E-state index is 6.16. The number of hydrogen-bond acceptors (Lipinski definition) is 6. The topological polar surface area (TPSA) is 65.5 Å². The van der Waals surface area contributed by atoms with Crippen LogP contribution in [0.3, 0.4) is 0 Å². The lowest BCUT2D eigenvalue weighted by Crippen LogP contribution is -2.26. The van der Waals surface area contributed by atoms with Gasteiger partial charge in [0.2, 0.25) is 5.95 Å². The summed E-state index contributed by atoms with van der Waals surface area (Å²) in [4.78, 5) is 2.11. The fraction of sp³-hybridized carbons (Fsp3) is 0.500. The number of benzene rings is 1. The molecule has 3 atom stereocenters. The third-order valence-electron chi connectivity index (χ3n) is 6.25. The number of furan rings is 1. The van der Waals surface area contributed by atoms with Crippen LogP contribution in [0.25, 0.3) is 0 Å². The van der Waals surface area contributed by atoms with E-state index in [1.54, 1.807) is 0 Å². The first-order valence-electron chi connectivity index (χ1n) is 11.2. The zero-order valence-corrected chi connectivity index (χ0v) is 18.2. The van der Waals surface area contributed by atoms with Gasteiger partial charge in [-0.1, -0.05) is 30.3 Å². The van der Waals surface area contributed by atoms with Crippen LogP contribution in [-0.4, -0.2) is 41.1 Å². The van der Waals surface area contributed by atoms with Crippen molar-refractivity contribution in [2.45, 2.75) is 57.4 Å². The Hall–Kier alpha value is -2.64. The van der Waals surface area contributed by atoms with Gasteiger partial charge in [0.25, 0.3) is 0 Å². The molecule has 2 saturated heterocycles. The second kappa shape index (κ2) is 8.85. The molecule has 5 rings (SSSR count). The average Bonchev–Trinajstić information content (AvgIpc) is 3.56. The summed E-state index contributed by atoms with van der Waals surface area (Å²) >= 11 is 0. The lowest BCUT2D eigenvalue weighted by molar-refractivity contribution is 0.0915. The molecule has 2 aromatic heterocycles. The molecule has 2 aliphatic heterocycles. The molecule has 0 bridgehead atoms. The lowest BCUT2D eigenvalue weighted by Gasteiger charge is -2.24. The molecular formula is C24H30N4O3. The largest absolute Gasteiger partial charge is 0.464 e. The highest BCUT2D eigenvalue weighted by Gasteiger charge is 2.36. The molecule has 7 heteroatoms. The maximum absolute atomic E-state index is 6.16. The molecule has 7 nitrogen and oxygen atoms in total. The molecule has 2 fully saturated rings. The first kappa shape index (κ1) is 20.3. The van der Waals surface area contributed by atoms with Crippen molar-refractivity contribution >= 4 is 5.95 Å². The van der Waals surface area contributed by atoms with Crippen LogP contribution in [0.2, 0.25) is 0 Å². The fourth-order valence-electron chi connectivity index (χ4n) is 4.73. The van der Waals surface area contributed by atoms with Gasteiger partial charge in [-0.25, -0.2) is 0 Å². The predicted molar refractivity (Wildman–Crippen MR) is 117 cm³/mol. The Balaban J connectivity index is 1.46. The lowest BCUT2D eigenvalue weighted by atomic mass is 9.94. The molecular weight excluding hydrogens is 392 g/mol. The Morgan fingerprint density at radius 1 is 1.03 bits per heavy atom. The van der Waals surface area contributed by atoms with Crippen molar-refractivity contribution in [2.24, 2.45) is 0 Å². The van der Waals surface area contributed by atoms with E-state index < -0.39 is 0 Å².